The maximum Gasteiger partial charge on any atom is 0.303 e. The molecule has 2 N–H and O–H groups in total. The highest BCUT2D eigenvalue weighted by molar-refractivity contribution is 5.66. The third-order valence-corrected chi connectivity index (χ3v) is 10.3. The molecule has 9 atom stereocenters. The van der Waals surface area contributed by atoms with Gasteiger partial charge in [0.05, 0.1) is 6.10 Å². The number of carbonyl (C=O) groups is 1. The van der Waals surface area contributed by atoms with Crippen molar-refractivity contribution in [3.8, 4) is 0 Å². The van der Waals surface area contributed by atoms with Gasteiger partial charge in [0.1, 0.15) is 0 Å². The van der Waals surface area contributed by atoms with Gasteiger partial charge in [0.15, 0.2) is 0 Å². The van der Waals surface area contributed by atoms with Crippen molar-refractivity contribution in [2.24, 2.45) is 46.3 Å². The topological polar surface area (TPSA) is 57.5 Å². The summed E-state index contributed by atoms with van der Waals surface area (Å²) >= 11 is 0. The maximum absolute atomic E-state index is 16.0. The van der Waals surface area contributed by atoms with Crippen LogP contribution < -0.4 is 0 Å². The lowest BCUT2D eigenvalue weighted by Crippen LogP contribution is -2.61. The summed E-state index contributed by atoms with van der Waals surface area (Å²) in [6, 6.07) is 0. The van der Waals surface area contributed by atoms with E-state index in [-0.39, 0.29) is 48.0 Å². The summed E-state index contributed by atoms with van der Waals surface area (Å²) in [4.78, 5) is 11.0. The number of hydrogen-bond donors (Lipinski definition) is 2. The molecule has 3 nitrogen and oxygen atoms in total. The monoisotopic (exact) mass is 412 g/mol. The van der Waals surface area contributed by atoms with Gasteiger partial charge in [-0.3, -0.25) is 4.79 Å². The number of rotatable bonds is 4. The molecular weight excluding hydrogens is 374 g/mol. The van der Waals surface area contributed by atoms with Crippen molar-refractivity contribution in [3.63, 3.8) is 0 Å². The zero-order valence-corrected chi connectivity index (χ0v) is 18.2. The SMILES string of the molecule is C[C@H](CCC(=O)O)C1CC[C@H]2[C@@H]3CC[C@@H]4C[C@H](O)CC[C@]4(C)[C@H]3CC(F)(F)[C@]12C. The first-order chi connectivity index (χ1) is 13.5. The molecule has 4 aliphatic carbocycles. The minimum Gasteiger partial charge on any atom is -0.481 e. The molecule has 4 rings (SSSR count). The largest absolute Gasteiger partial charge is 0.481 e. The van der Waals surface area contributed by atoms with E-state index in [4.69, 9.17) is 5.11 Å². The molecule has 0 aromatic heterocycles. The number of carboxylic acids is 1. The molecule has 4 aliphatic rings. The number of carboxylic acid groups (broad SMARTS) is 1. The Kier molecular flexibility index (Phi) is 5.32. The highest BCUT2D eigenvalue weighted by Crippen LogP contribution is 2.72. The van der Waals surface area contributed by atoms with Gasteiger partial charge in [-0.05, 0) is 92.3 Å². The summed E-state index contributed by atoms with van der Waals surface area (Å²) in [6.07, 6.45) is 6.43. The average molecular weight is 413 g/mol. The van der Waals surface area contributed by atoms with E-state index in [0.717, 1.165) is 44.9 Å². The molecule has 5 heteroatoms. The lowest BCUT2D eigenvalue weighted by molar-refractivity contribution is -0.246. The van der Waals surface area contributed by atoms with E-state index in [1.54, 1.807) is 0 Å². The zero-order valence-electron chi connectivity index (χ0n) is 18.2. The number of aliphatic hydroxyl groups is 1. The molecule has 1 unspecified atom stereocenters. The number of aliphatic hydroxyl groups excluding tert-OH is 1. The fraction of sp³-hybridized carbons (Fsp3) is 0.958. The minimum absolute atomic E-state index is 0.0141. The Morgan fingerprint density at radius 3 is 2.52 bits per heavy atom. The lowest BCUT2D eigenvalue weighted by Gasteiger charge is -2.63. The molecule has 0 bridgehead atoms. The molecule has 0 aliphatic heterocycles. The van der Waals surface area contributed by atoms with Crippen molar-refractivity contribution in [1.29, 1.82) is 0 Å². The molecule has 4 saturated carbocycles. The van der Waals surface area contributed by atoms with Crippen LogP contribution >= 0.6 is 0 Å². The Labute approximate surface area is 173 Å². The van der Waals surface area contributed by atoms with Crippen molar-refractivity contribution >= 4 is 5.97 Å². The van der Waals surface area contributed by atoms with Crippen LogP contribution in [-0.2, 0) is 4.79 Å². The second-order valence-corrected chi connectivity index (χ2v) is 11.4. The third kappa shape index (κ3) is 3.16. The van der Waals surface area contributed by atoms with Crippen molar-refractivity contribution in [1.82, 2.24) is 0 Å². The molecule has 0 aromatic carbocycles. The van der Waals surface area contributed by atoms with Crippen LogP contribution in [0.25, 0.3) is 0 Å². The van der Waals surface area contributed by atoms with E-state index >= 15 is 8.78 Å². The first-order valence-electron chi connectivity index (χ1n) is 11.8. The maximum atomic E-state index is 16.0. The van der Waals surface area contributed by atoms with Gasteiger partial charge in [-0.1, -0.05) is 20.8 Å². The first kappa shape index (κ1) is 21.5. The van der Waals surface area contributed by atoms with Gasteiger partial charge in [-0.2, -0.15) is 0 Å². The van der Waals surface area contributed by atoms with Gasteiger partial charge in [0.2, 0.25) is 0 Å². The van der Waals surface area contributed by atoms with Crippen LogP contribution in [0.1, 0.15) is 85.0 Å². The summed E-state index contributed by atoms with van der Waals surface area (Å²) in [5, 5.41) is 19.2. The van der Waals surface area contributed by atoms with E-state index < -0.39 is 17.3 Å². The van der Waals surface area contributed by atoms with Crippen molar-refractivity contribution in [2.75, 3.05) is 0 Å². The van der Waals surface area contributed by atoms with Crippen LogP contribution in [0, 0.1) is 46.3 Å². The molecule has 0 radical (unpaired) electrons. The molecule has 166 valence electrons. The first-order valence-corrected chi connectivity index (χ1v) is 11.8. The Morgan fingerprint density at radius 1 is 1.10 bits per heavy atom. The van der Waals surface area contributed by atoms with Crippen LogP contribution in [0.15, 0.2) is 0 Å². The van der Waals surface area contributed by atoms with Gasteiger partial charge in [0.25, 0.3) is 5.92 Å². The summed E-state index contributed by atoms with van der Waals surface area (Å²) < 4.78 is 31.9. The molecular formula is C24H38F2O3. The van der Waals surface area contributed by atoms with Crippen LogP contribution in [-0.4, -0.2) is 28.2 Å². The second kappa shape index (κ2) is 7.17. The van der Waals surface area contributed by atoms with Crippen LogP contribution in [0.5, 0.6) is 0 Å². The van der Waals surface area contributed by atoms with Gasteiger partial charge in [-0.25, -0.2) is 8.78 Å². The summed E-state index contributed by atoms with van der Waals surface area (Å²) in [5.41, 5.74) is -1.08. The number of alkyl halides is 2. The predicted molar refractivity (Wildman–Crippen MR) is 108 cm³/mol. The van der Waals surface area contributed by atoms with Gasteiger partial charge >= 0.3 is 5.97 Å². The molecule has 0 saturated heterocycles. The lowest BCUT2D eigenvalue weighted by atomic mass is 9.43. The standard InChI is InChI=1S/C24H38F2O3/c1-14(4-9-21(28)29)18-7-8-19-17-6-5-15-12-16(27)10-11-22(15,2)20(17)13-24(25,26)23(18,19)3/h14-20,27H,4-13H2,1-3H3,(H,28,29)/t14-,15-,16-,17+,18?,19+,20+,22+,23-/m1/s1. The van der Waals surface area contributed by atoms with E-state index in [0.29, 0.717) is 18.3 Å². The molecule has 0 aromatic rings. The normalized spacial score (nSPS) is 49.6. The number of fused-ring (bicyclic) bond motifs is 5. The van der Waals surface area contributed by atoms with Crippen molar-refractivity contribution < 1.29 is 23.8 Å². The number of hydrogen-bond acceptors (Lipinski definition) is 2. The third-order valence-electron chi connectivity index (χ3n) is 10.3. The zero-order chi connectivity index (χ0) is 21.2. The summed E-state index contributed by atoms with van der Waals surface area (Å²) in [7, 11) is 0. The Bertz CT molecular complexity index is 652. The fourth-order valence-corrected chi connectivity index (χ4v) is 8.64. The van der Waals surface area contributed by atoms with Crippen LogP contribution in [0.2, 0.25) is 0 Å². The van der Waals surface area contributed by atoms with Gasteiger partial charge in [0, 0.05) is 18.3 Å². The van der Waals surface area contributed by atoms with E-state index in [1.807, 2.05) is 13.8 Å². The fourth-order valence-electron chi connectivity index (χ4n) is 8.64. The minimum atomic E-state index is -2.71. The molecule has 4 fully saturated rings. The summed E-state index contributed by atoms with van der Waals surface area (Å²) in [6.45, 7) is 6.06. The van der Waals surface area contributed by atoms with Crippen molar-refractivity contribution in [2.45, 2.75) is 97.0 Å². The highest BCUT2D eigenvalue weighted by atomic mass is 19.3. The van der Waals surface area contributed by atoms with Gasteiger partial charge < -0.3 is 10.2 Å². The van der Waals surface area contributed by atoms with E-state index in [2.05, 4.69) is 6.92 Å². The van der Waals surface area contributed by atoms with Crippen molar-refractivity contribution in [3.05, 3.63) is 0 Å². The second-order valence-electron chi connectivity index (χ2n) is 11.4. The highest BCUT2D eigenvalue weighted by Gasteiger charge is 2.70. The molecule has 0 amide bonds. The Balaban J connectivity index is 1.62. The number of halogens is 2. The molecule has 0 heterocycles. The van der Waals surface area contributed by atoms with Crippen LogP contribution in [0.3, 0.4) is 0 Å². The van der Waals surface area contributed by atoms with Gasteiger partial charge in [-0.15, -0.1) is 0 Å². The Hall–Kier alpha value is -0.710. The smallest absolute Gasteiger partial charge is 0.303 e. The van der Waals surface area contributed by atoms with E-state index in [9.17, 15) is 9.90 Å². The predicted octanol–water partition coefficient (Wildman–Crippen LogP) is 5.75. The Morgan fingerprint density at radius 2 is 1.83 bits per heavy atom. The van der Waals surface area contributed by atoms with E-state index in [1.165, 1.54) is 0 Å². The summed E-state index contributed by atoms with van der Waals surface area (Å²) in [5.74, 6) is -2.81. The molecule has 0 spiro atoms. The number of aliphatic carboxylic acids is 1. The average Bonchev–Trinajstić information content (AvgIpc) is 3.00. The van der Waals surface area contributed by atoms with Crippen LogP contribution in [0.4, 0.5) is 8.78 Å². The quantitative estimate of drug-likeness (QED) is 0.618. The molecule has 29 heavy (non-hydrogen) atoms.